The summed E-state index contributed by atoms with van der Waals surface area (Å²) in [5.74, 6) is -1.74. The predicted molar refractivity (Wildman–Crippen MR) is 90.1 cm³/mol. The SMILES string of the molecule is CCC[C@](NC(C)=O)(C(=O)O)[C@H](CC(C)=O)c1ccc(OC)cc1. The first-order chi connectivity index (χ1) is 11.3. The summed E-state index contributed by atoms with van der Waals surface area (Å²) in [4.78, 5) is 35.6. The van der Waals surface area contributed by atoms with Crippen molar-refractivity contribution in [3.05, 3.63) is 29.8 Å². The lowest BCUT2D eigenvalue weighted by Gasteiger charge is -2.37. The number of hydrogen-bond acceptors (Lipinski definition) is 4. The minimum absolute atomic E-state index is 0.0267. The second-order valence-corrected chi connectivity index (χ2v) is 5.94. The Morgan fingerprint density at radius 2 is 1.79 bits per heavy atom. The minimum Gasteiger partial charge on any atom is -0.497 e. The van der Waals surface area contributed by atoms with Gasteiger partial charge in [-0.15, -0.1) is 0 Å². The number of carbonyl (C=O) groups excluding carboxylic acids is 2. The number of benzene rings is 1. The fraction of sp³-hybridized carbons (Fsp3) is 0.500. The third kappa shape index (κ3) is 4.57. The van der Waals surface area contributed by atoms with Crippen LogP contribution in [0.1, 0.15) is 51.5 Å². The number of ether oxygens (including phenoxy) is 1. The predicted octanol–water partition coefficient (Wildman–Crippen LogP) is 2.52. The highest BCUT2D eigenvalue weighted by Gasteiger charge is 2.47. The molecule has 0 fully saturated rings. The standard InChI is InChI=1S/C18H25NO5/c1-5-10-18(17(22)23,19-13(3)21)16(11-12(2)20)14-6-8-15(24-4)9-7-14/h6-9,16H,5,10-11H2,1-4H3,(H,19,21)(H,22,23)/t16-,18-/m1/s1. The second kappa shape index (κ2) is 8.47. The molecule has 0 heterocycles. The summed E-state index contributed by atoms with van der Waals surface area (Å²) in [5.41, 5.74) is -0.850. The molecule has 0 aromatic heterocycles. The molecule has 0 saturated heterocycles. The lowest BCUT2D eigenvalue weighted by Crippen LogP contribution is -2.58. The molecule has 0 aliphatic rings. The molecule has 0 saturated carbocycles. The Balaban J connectivity index is 3.46. The smallest absolute Gasteiger partial charge is 0.330 e. The number of hydrogen-bond donors (Lipinski definition) is 2. The zero-order chi connectivity index (χ0) is 18.3. The van der Waals surface area contributed by atoms with Crippen molar-refractivity contribution in [2.24, 2.45) is 0 Å². The molecule has 1 amide bonds. The summed E-state index contributed by atoms with van der Waals surface area (Å²) in [7, 11) is 1.54. The highest BCUT2D eigenvalue weighted by molar-refractivity contribution is 5.88. The van der Waals surface area contributed by atoms with Gasteiger partial charge in [0.1, 0.15) is 17.1 Å². The van der Waals surface area contributed by atoms with Gasteiger partial charge >= 0.3 is 5.97 Å². The van der Waals surface area contributed by atoms with Gasteiger partial charge < -0.3 is 20.0 Å². The van der Waals surface area contributed by atoms with E-state index in [1.165, 1.54) is 21.0 Å². The summed E-state index contributed by atoms with van der Waals surface area (Å²) < 4.78 is 5.12. The van der Waals surface area contributed by atoms with Crippen LogP contribution in [0.15, 0.2) is 24.3 Å². The van der Waals surface area contributed by atoms with Gasteiger partial charge in [0.25, 0.3) is 0 Å². The van der Waals surface area contributed by atoms with E-state index in [2.05, 4.69) is 5.32 Å². The number of ketones is 1. The second-order valence-electron chi connectivity index (χ2n) is 5.94. The summed E-state index contributed by atoms with van der Waals surface area (Å²) in [6, 6.07) is 6.91. The maximum absolute atomic E-state index is 12.1. The van der Waals surface area contributed by atoms with E-state index in [9.17, 15) is 19.5 Å². The third-order valence-corrected chi connectivity index (χ3v) is 4.03. The van der Waals surface area contributed by atoms with Gasteiger partial charge in [0.2, 0.25) is 5.91 Å². The number of amides is 1. The van der Waals surface area contributed by atoms with E-state index in [1.807, 2.05) is 6.92 Å². The van der Waals surface area contributed by atoms with Gasteiger partial charge in [0, 0.05) is 19.3 Å². The lowest BCUT2D eigenvalue weighted by atomic mass is 9.73. The van der Waals surface area contributed by atoms with Crippen LogP contribution in [0.4, 0.5) is 0 Å². The molecule has 1 aromatic rings. The number of carbonyl (C=O) groups is 3. The number of Topliss-reactive ketones (excluding diaryl/α,β-unsaturated/α-hetero) is 1. The van der Waals surface area contributed by atoms with Crippen molar-refractivity contribution < 1.29 is 24.2 Å². The third-order valence-electron chi connectivity index (χ3n) is 4.03. The highest BCUT2D eigenvalue weighted by Crippen LogP contribution is 2.36. The topological polar surface area (TPSA) is 92.7 Å². The molecule has 2 N–H and O–H groups in total. The first kappa shape index (κ1) is 19.7. The normalized spacial score (nSPS) is 14.3. The van der Waals surface area contributed by atoms with Crippen molar-refractivity contribution in [2.45, 2.75) is 51.5 Å². The summed E-state index contributed by atoms with van der Waals surface area (Å²) in [6.45, 7) is 4.55. The number of carboxylic acids is 1. The average Bonchev–Trinajstić information content (AvgIpc) is 2.51. The van der Waals surface area contributed by atoms with E-state index in [4.69, 9.17) is 4.74 Å². The van der Waals surface area contributed by atoms with E-state index in [0.717, 1.165) is 0 Å². The van der Waals surface area contributed by atoms with Gasteiger partial charge in [0.15, 0.2) is 0 Å². The Morgan fingerprint density at radius 1 is 1.21 bits per heavy atom. The molecule has 0 unspecified atom stereocenters. The van der Waals surface area contributed by atoms with Gasteiger partial charge in [0.05, 0.1) is 7.11 Å². The monoisotopic (exact) mass is 335 g/mol. The number of rotatable bonds is 9. The number of aliphatic carboxylic acids is 1. The first-order valence-electron chi connectivity index (χ1n) is 7.92. The summed E-state index contributed by atoms with van der Waals surface area (Å²) in [6.07, 6.45) is 0.807. The minimum atomic E-state index is -1.53. The van der Waals surface area contributed by atoms with Crippen LogP contribution in [0.3, 0.4) is 0 Å². The average molecular weight is 335 g/mol. The van der Waals surface area contributed by atoms with Crippen LogP contribution in [0.2, 0.25) is 0 Å². The van der Waals surface area contributed by atoms with Crippen molar-refractivity contribution in [3.63, 3.8) is 0 Å². The Bertz CT molecular complexity index is 596. The molecule has 132 valence electrons. The van der Waals surface area contributed by atoms with E-state index in [-0.39, 0.29) is 18.6 Å². The van der Waals surface area contributed by atoms with E-state index < -0.39 is 23.3 Å². The van der Waals surface area contributed by atoms with Crippen molar-refractivity contribution in [3.8, 4) is 5.75 Å². The maximum Gasteiger partial charge on any atom is 0.330 e. The molecule has 6 heteroatoms. The summed E-state index contributed by atoms with van der Waals surface area (Å²) in [5, 5.41) is 12.5. The number of carboxylic acid groups (broad SMARTS) is 1. The van der Waals surface area contributed by atoms with Crippen LogP contribution in [0, 0.1) is 0 Å². The fourth-order valence-corrected chi connectivity index (χ4v) is 3.04. The van der Waals surface area contributed by atoms with E-state index >= 15 is 0 Å². The summed E-state index contributed by atoms with van der Waals surface area (Å²) >= 11 is 0. The Hall–Kier alpha value is -2.37. The highest BCUT2D eigenvalue weighted by atomic mass is 16.5. The quantitative estimate of drug-likeness (QED) is 0.723. The van der Waals surface area contributed by atoms with Gasteiger partial charge in [-0.05, 0) is 31.0 Å². The van der Waals surface area contributed by atoms with Crippen LogP contribution >= 0.6 is 0 Å². The molecule has 24 heavy (non-hydrogen) atoms. The van der Waals surface area contributed by atoms with Crippen molar-refractivity contribution in [2.75, 3.05) is 7.11 Å². The zero-order valence-electron chi connectivity index (χ0n) is 14.6. The molecule has 1 aromatic carbocycles. The molecule has 6 nitrogen and oxygen atoms in total. The molecule has 1 rings (SSSR count). The van der Waals surface area contributed by atoms with Crippen molar-refractivity contribution in [1.82, 2.24) is 5.32 Å². The van der Waals surface area contributed by atoms with Crippen LogP contribution in [0.25, 0.3) is 0 Å². The molecule has 0 radical (unpaired) electrons. The molecule has 0 bridgehead atoms. The van der Waals surface area contributed by atoms with Gasteiger partial charge in [-0.1, -0.05) is 25.5 Å². The van der Waals surface area contributed by atoms with Crippen LogP contribution < -0.4 is 10.1 Å². The molecule has 2 atom stereocenters. The van der Waals surface area contributed by atoms with Crippen LogP contribution in [-0.4, -0.2) is 35.4 Å². The molecular weight excluding hydrogens is 310 g/mol. The van der Waals surface area contributed by atoms with Gasteiger partial charge in [-0.3, -0.25) is 4.79 Å². The molecule has 0 spiro atoms. The van der Waals surface area contributed by atoms with Gasteiger partial charge in [-0.2, -0.15) is 0 Å². The molecule has 0 aliphatic carbocycles. The van der Waals surface area contributed by atoms with Crippen LogP contribution in [-0.2, 0) is 14.4 Å². The van der Waals surface area contributed by atoms with Gasteiger partial charge in [-0.25, -0.2) is 4.79 Å². The molecule has 0 aliphatic heterocycles. The van der Waals surface area contributed by atoms with Crippen molar-refractivity contribution >= 4 is 17.7 Å². The number of methoxy groups -OCH3 is 1. The Morgan fingerprint density at radius 3 is 2.17 bits per heavy atom. The fourth-order valence-electron chi connectivity index (χ4n) is 3.04. The van der Waals surface area contributed by atoms with E-state index in [0.29, 0.717) is 17.7 Å². The number of nitrogens with one attached hydrogen (secondary N) is 1. The van der Waals surface area contributed by atoms with Crippen molar-refractivity contribution in [1.29, 1.82) is 0 Å². The Labute approximate surface area is 142 Å². The lowest BCUT2D eigenvalue weighted by molar-refractivity contribution is -0.149. The largest absolute Gasteiger partial charge is 0.497 e. The van der Waals surface area contributed by atoms with E-state index in [1.54, 1.807) is 24.3 Å². The molecular formula is C18H25NO5. The Kier molecular flexibility index (Phi) is 6.95. The first-order valence-corrected chi connectivity index (χ1v) is 7.92. The maximum atomic E-state index is 12.1. The zero-order valence-corrected chi connectivity index (χ0v) is 14.6. The van der Waals surface area contributed by atoms with Crippen LogP contribution in [0.5, 0.6) is 5.75 Å².